The Morgan fingerprint density at radius 2 is 0.732 bits per heavy atom. The highest BCUT2D eigenvalue weighted by Crippen LogP contribution is 2.50. The van der Waals surface area contributed by atoms with Gasteiger partial charge in [-0.05, 0) is 65.4 Å². The lowest BCUT2D eigenvalue weighted by Gasteiger charge is -2.41. The summed E-state index contributed by atoms with van der Waals surface area (Å²) >= 11 is 0. The Kier molecular flexibility index (Phi) is 7.27. The predicted octanol–water partition coefficient (Wildman–Crippen LogP) is 10.1. The molecule has 1 heteroatoms. The summed E-state index contributed by atoms with van der Waals surface area (Å²) in [4.78, 5) is 0. The Labute approximate surface area is 244 Å². The molecule has 6 aromatic carbocycles. The molecule has 0 fully saturated rings. The third-order valence-corrected chi connectivity index (χ3v) is 8.56. The quantitative estimate of drug-likeness (QED) is 0.193. The van der Waals surface area contributed by atoms with E-state index in [0.717, 1.165) is 11.4 Å². The molecule has 6 aromatic rings. The van der Waals surface area contributed by atoms with Gasteiger partial charge in [0.05, 0.1) is 0 Å². The number of anilines is 2. The highest BCUT2D eigenvalue weighted by atomic mass is 14.9. The Bertz CT molecular complexity index is 1610. The number of rotatable bonds is 8. The maximum absolute atomic E-state index is 3.83. The van der Waals surface area contributed by atoms with Crippen molar-refractivity contribution < 1.29 is 0 Å². The minimum atomic E-state index is -0.457. The first-order valence-corrected chi connectivity index (χ1v) is 14.3. The maximum atomic E-state index is 3.83. The number of hydrogen-bond acceptors (Lipinski definition) is 1. The summed E-state index contributed by atoms with van der Waals surface area (Å²) in [5.41, 5.74) is 8.83. The normalized spacial score (nSPS) is 11.7. The van der Waals surface area contributed by atoms with Crippen LogP contribution in [0.2, 0.25) is 0 Å². The van der Waals surface area contributed by atoms with Gasteiger partial charge >= 0.3 is 0 Å². The zero-order chi connectivity index (χ0) is 28.1. The molecule has 0 aliphatic rings. The van der Waals surface area contributed by atoms with Gasteiger partial charge in [0.25, 0.3) is 0 Å². The molecule has 0 aliphatic carbocycles. The molecular formula is C40H35N. The van der Waals surface area contributed by atoms with Gasteiger partial charge in [-0.2, -0.15) is 0 Å². The molecule has 0 heterocycles. The average molecular weight is 530 g/mol. The summed E-state index contributed by atoms with van der Waals surface area (Å²) in [6.45, 7) is 4.75. The smallest absolute Gasteiger partial charge is 0.0446 e. The standard InChI is InChI=1S/C40H35N/c1-39(31-19-8-3-9-20-31,32-21-10-4-11-22-32)36-29-18-30-37(41-35-27-16-7-17-28-35)38(36)40(2,33-23-12-5-13-24-33)34-25-14-6-15-26-34/h3-30,41H,1-2H3. The van der Waals surface area contributed by atoms with Crippen LogP contribution in [-0.2, 0) is 10.8 Å². The van der Waals surface area contributed by atoms with Crippen LogP contribution in [0.4, 0.5) is 11.4 Å². The van der Waals surface area contributed by atoms with E-state index in [1.807, 2.05) is 0 Å². The Morgan fingerprint density at radius 3 is 1.15 bits per heavy atom. The molecule has 0 aromatic heterocycles. The molecule has 6 rings (SSSR count). The van der Waals surface area contributed by atoms with E-state index < -0.39 is 10.8 Å². The monoisotopic (exact) mass is 529 g/mol. The molecule has 0 saturated carbocycles. The first-order chi connectivity index (χ1) is 20.1. The van der Waals surface area contributed by atoms with Crippen LogP contribution in [0.3, 0.4) is 0 Å². The summed E-state index contributed by atoms with van der Waals surface area (Å²) in [6.07, 6.45) is 0. The molecule has 0 atom stereocenters. The fraction of sp³-hybridized carbons (Fsp3) is 0.100. The molecule has 0 radical (unpaired) electrons. The van der Waals surface area contributed by atoms with E-state index in [0.29, 0.717) is 0 Å². The van der Waals surface area contributed by atoms with Crippen LogP contribution in [0.15, 0.2) is 170 Å². The SMILES string of the molecule is CC(c1ccccc1)(c1ccccc1)c1cccc(Nc2ccccc2)c1C(C)(c1ccccc1)c1ccccc1. The van der Waals surface area contributed by atoms with E-state index in [4.69, 9.17) is 0 Å². The fourth-order valence-electron chi connectivity index (χ4n) is 6.31. The van der Waals surface area contributed by atoms with Crippen LogP contribution < -0.4 is 5.32 Å². The molecule has 0 amide bonds. The van der Waals surface area contributed by atoms with Gasteiger partial charge in [0, 0.05) is 22.2 Å². The Balaban J connectivity index is 1.74. The molecule has 0 unspecified atom stereocenters. The van der Waals surface area contributed by atoms with E-state index in [1.54, 1.807) is 0 Å². The summed E-state index contributed by atoms with van der Waals surface area (Å²) in [5.74, 6) is 0. The van der Waals surface area contributed by atoms with Crippen LogP contribution in [0.5, 0.6) is 0 Å². The zero-order valence-corrected chi connectivity index (χ0v) is 23.7. The Hall–Kier alpha value is -4.88. The second-order valence-electron chi connectivity index (χ2n) is 10.9. The second kappa shape index (κ2) is 11.3. The largest absolute Gasteiger partial charge is 0.355 e. The number of nitrogens with one attached hydrogen (secondary N) is 1. The summed E-state index contributed by atoms with van der Waals surface area (Å²) in [7, 11) is 0. The van der Waals surface area contributed by atoms with E-state index in [9.17, 15) is 0 Å². The third kappa shape index (κ3) is 4.85. The van der Waals surface area contributed by atoms with Crippen molar-refractivity contribution >= 4 is 11.4 Å². The van der Waals surface area contributed by atoms with E-state index in [2.05, 4.69) is 189 Å². The van der Waals surface area contributed by atoms with Gasteiger partial charge < -0.3 is 5.32 Å². The van der Waals surface area contributed by atoms with E-state index >= 15 is 0 Å². The summed E-state index contributed by atoms with van der Waals surface area (Å²) in [6, 6.07) is 60.9. The van der Waals surface area contributed by atoms with Gasteiger partial charge in [0.2, 0.25) is 0 Å². The van der Waals surface area contributed by atoms with Gasteiger partial charge in [0.1, 0.15) is 0 Å². The fourth-order valence-corrected chi connectivity index (χ4v) is 6.31. The Morgan fingerprint density at radius 1 is 0.366 bits per heavy atom. The van der Waals surface area contributed by atoms with Crippen LogP contribution in [0.1, 0.15) is 47.2 Å². The molecule has 1 nitrogen and oxygen atoms in total. The first-order valence-electron chi connectivity index (χ1n) is 14.3. The number of para-hydroxylation sites is 1. The minimum absolute atomic E-state index is 0.420. The molecular weight excluding hydrogens is 494 g/mol. The van der Waals surface area contributed by atoms with Crippen molar-refractivity contribution in [3.63, 3.8) is 0 Å². The highest BCUT2D eigenvalue weighted by Gasteiger charge is 2.41. The summed E-state index contributed by atoms with van der Waals surface area (Å²) in [5, 5.41) is 3.83. The predicted molar refractivity (Wildman–Crippen MR) is 173 cm³/mol. The van der Waals surface area contributed by atoms with E-state index in [1.165, 1.54) is 33.4 Å². The van der Waals surface area contributed by atoms with E-state index in [-0.39, 0.29) is 0 Å². The lowest BCUT2D eigenvalue weighted by atomic mass is 9.62. The molecule has 0 aliphatic heterocycles. The zero-order valence-electron chi connectivity index (χ0n) is 23.7. The molecule has 0 saturated heterocycles. The number of benzene rings is 6. The van der Waals surface area contributed by atoms with Crippen LogP contribution in [-0.4, -0.2) is 0 Å². The van der Waals surface area contributed by atoms with Gasteiger partial charge in [-0.3, -0.25) is 0 Å². The van der Waals surface area contributed by atoms with Gasteiger partial charge in [0.15, 0.2) is 0 Å². The van der Waals surface area contributed by atoms with Crippen molar-refractivity contribution in [2.24, 2.45) is 0 Å². The lowest BCUT2D eigenvalue weighted by molar-refractivity contribution is 0.629. The van der Waals surface area contributed by atoms with Crippen LogP contribution in [0, 0.1) is 0 Å². The number of hydrogen-bond donors (Lipinski definition) is 1. The lowest BCUT2D eigenvalue weighted by Crippen LogP contribution is -2.34. The third-order valence-electron chi connectivity index (χ3n) is 8.56. The van der Waals surface area contributed by atoms with Crippen molar-refractivity contribution in [1.82, 2.24) is 0 Å². The summed E-state index contributed by atoms with van der Waals surface area (Å²) < 4.78 is 0. The van der Waals surface area contributed by atoms with Crippen molar-refractivity contribution in [3.05, 3.63) is 203 Å². The van der Waals surface area contributed by atoms with Crippen LogP contribution >= 0.6 is 0 Å². The van der Waals surface area contributed by atoms with Gasteiger partial charge in [-0.25, -0.2) is 0 Å². The minimum Gasteiger partial charge on any atom is -0.355 e. The highest BCUT2D eigenvalue weighted by molar-refractivity contribution is 5.73. The molecule has 0 bridgehead atoms. The average Bonchev–Trinajstić information content (AvgIpc) is 3.06. The first kappa shape index (κ1) is 26.3. The second-order valence-corrected chi connectivity index (χ2v) is 10.9. The van der Waals surface area contributed by atoms with Crippen molar-refractivity contribution in [1.29, 1.82) is 0 Å². The topological polar surface area (TPSA) is 12.0 Å². The molecule has 41 heavy (non-hydrogen) atoms. The van der Waals surface area contributed by atoms with Crippen molar-refractivity contribution in [2.75, 3.05) is 5.32 Å². The maximum Gasteiger partial charge on any atom is 0.0446 e. The molecule has 1 N–H and O–H groups in total. The van der Waals surface area contributed by atoms with Gasteiger partial charge in [-0.1, -0.05) is 152 Å². The van der Waals surface area contributed by atoms with Gasteiger partial charge in [-0.15, -0.1) is 0 Å². The van der Waals surface area contributed by atoms with Crippen LogP contribution in [0.25, 0.3) is 0 Å². The van der Waals surface area contributed by atoms with Crippen molar-refractivity contribution in [2.45, 2.75) is 24.7 Å². The molecule has 0 spiro atoms. The molecule has 200 valence electrons. The van der Waals surface area contributed by atoms with Crippen molar-refractivity contribution in [3.8, 4) is 0 Å².